The molecular weight excluding hydrogens is 422 g/mol. The van der Waals surface area contributed by atoms with Gasteiger partial charge in [-0.05, 0) is 48.7 Å². The van der Waals surface area contributed by atoms with Gasteiger partial charge in [0.2, 0.25) is 0 Å². The molecule has 8 heteroatoms. The quantitative estimate of drug-likeness (QED) is 0.465. The zero-order chi connectivity index (χ0) is 22.1. The molecule has 164 valence electrons. The SMILES string of the molecule is COc1ccc(N2CCN(C(=O)c3cc(C)nc4c3cnn4Cc3cccs3)CC2)cc1. The lowest BCUT2D eigenvalue weighted by Gasteiger charge is -2.36. The molecule has 0 N–H and O–H groups in total. The summed E-state index contributed by atoms with van der Waals surface area (Å²) in [5.41, 5.74) is 3.42. The summed E-state index contributed by atoms with van der Waals surface area (Å²) in [5.74, 6) is 0.893. The molecular formula is C24H25N5O2S. The third-order valence-electron chi connectivity index (χ3n) is 5.86. The number of carbonyl (C=O) groups is 1. The molecule has 7 nitrogen and oxygen atoms in total. The number of aromatic nitrogens is 3. The molecule has 0 atom stereocenters. The van der Waals surface area contributed by atoms with Crippen LogP contribution in [0.25, 0.3) is 11.0 Å². The van der Waals surface area contributed by atoms with Crippen molar-refractivity contribution in [2.75, 3.05) is 38.2 Å². The minimum absolute atomic E-state index is 0.0468. The van der Waals surface area contributed by atoms with Crippen molar-refractivity contribution < 1.29 is 9.53 Å². The summed E-state index contributed by atoms with van der Waals surface area (Å²) in [5, 5.41) is 7.41. The van der Waals surface area contributed by atoms with Gasteiger partial charge >= 0.3 is 0 Å². The van der Waals surface area contributed by atoms with E-state index in [1.54, 1.807) is 24.6 Å². The second kappa shape index (κ2) is 8.63. The average Bonchev–Trinajstić information content (AvgIpc) is 3.49. The Hall–Kier alpha value is -3.39. The lowest BCUT2D eigenvalue weighted by Crippen LogP contribution is -2.48. The number of ether oxygens (including phenoxy) is 1. The number of hydrogen-bond acceptors (Lipinski definition) is 6. The van der Waals surface area contributed by atoms with E-state index in [9.17, 15) is 4.79 Å². The van der Waals surface area contributed by atoms with Crippen LogP contribution in [0.2, 0.25) is 0 Å². The Kier molecular flexibility index (Phi) is 5.53. The number of rotatable bonds is 5. The fourth-order valence-electron chi connectivity index (χ4n) is 4.15. The lowest BCUT2D eigenvalue weighted by molar-refractivity contribution is 0.0748. The number of aryl methyl sites for hydroxylation is 1. The van der Waals surface area contributed by atoms with Crippen molar-refractivity contribution in [3.8, 4) is 5.75 Å². The number of benzene rings is 1. The number of fused-ring (bicyclic) bond motifs is 1. The highest BCUT2D eigenvalue weighted by molar-refractivity contribution is 7.09. The standard InChI is InChI=1S/C24H25N5O2S/c1-17-14-21(22-15-25-29(23(22)26-17)16-20-4-3-13-32-20)24(30)28-11-9-27(10-12-28)18-5-7-19(31-2)8-6-18/h3-8,13-15H,9-12,16H2,1-2H3. The van der Waals surface area contributed by atoms with Crippen molar-refractivity contribution in [1.29, 1.82) is 0 Å². The van der Waals surface area contributed by atoms with Gasteiger partial charge in [0.15, 0.2) is 5.65 Å². The molecule has 1 fully saturated rings. The first-order valence-electron chi connectivity index (χ1n) is 10.7. The molecule has 1 aliphatic heterocycles. The summed E-state index contributed by atoms with van der Waals surface area (Å²) in [6, 6.07) is 14.1. The van der Waals surface area contributed by atoms with E-state index in [-0.39, 0.29) is 5.91 Å². The lowest BCUT2D eigenvalue weighted by atomic mass is 10.1. The third-order valence-corrected chi connectivity index (χ3v) is 6.72. The number of pyridine rings is 1. The molecule has 0 radical (unpaired) electrons. The van der Waals surface area contributed by atoms with E-state index in [0.717, 1.165) is 41.3 Å². The molecule has 0 aliphatic carbocycles. The molecule has 0 saturated carbocycles. The fourth-order valence-corrected chi connectivity index (χ4v) is 4.83. The smallest absolute Gasteiger partial charge is 0.254 e. The van der Waals surface area contributed by atoms with E-state index in [4.69, 9.17) is 4.74 Å². The van der Waals surface area contributed by atoms with Gasteiger partial charge in [-0.1, -0.05) is 6.07 Å². The van der Waals surface area contributed by atoms with Crippen LogP contribution in [-0.2, 0) is 6.54 Å². The molecule has 1 aliphatic rings. The van der Waals surface area contributed by atoms with Gasteiger partial charge in [-0.2, -0.15) is 5.10 Å². The minimum atomic E-state index is 0.0468. The summed E-state index contributed by atoms with van der Waals surface area (Å²) in [7, 11) is 1.67. The van der Waals surface area contributed by atoms with Crippen LogP contribution in [0.4, 0.5) is 5.69 Å². The number of hydrogen-bond donors (Lipinski definition) is 0. The Bertz CT molecular complexity index is 1230. The van der Waals surface area contributed by atoms with Gasteiger partial charge in [0, 0.05) is 42.4 Å². The maximum absolute atomic E-state index is 13.4. The maximum atomic E-state index is 13.4. The van der Waals surface area contributed by atoms with E-state index in [2.05, 4.69) is 38.6 Å². The molecule has 3 aromatic heterocycles. The zero-order valence-electron chi connectivity index (χ0n) is 18.2. The molecule has 0 spiro atoms. The van der Waals surface area contributed by atoms with Crippen LogP contribution in [-0.4, -0.2) is 58.9 Å². The van der Waals surface area contributed by atoms with E-state index in [1.165, 1.54) is 4.88 Å². The summed E-state index contributed by atoms with van der Waals surface area (Å²) >= 11 is 1.69. The Labute approximate surface area is 190 Å². The molecule has 4 aromatic rings. The van der Waals surface area contributed by atoms with Crippen LogP contribution in [0.5, 0.6) is 5.75 Å². The van der Waals surface area contributed by atoms with Crippen molar-refractivity contribution in [2.45, 2.75) is 13.5 Å². The van der Waals surface area contributed by atoms with Crippen LogP contribution in [0.15, 0.2) is 54.0 Å². The Morgan fingerprint density at radius 1 is 1.12 bits per heavy atom. The zero-order valence-corrected chi connectivity index (χ0v) is 19.0. The van der Waals surface area contributed by atoms with Crippen LogP contribution >= 0.6 is 11.3 Å². The number of thiophene rings is 1. The molecule has 0 bridgehead atoms. The Morgan fingerprint density at radius 3 is 2.59 bits per heavy atom. The molecule has 32 heavy (non-hydrogen) atoms. The minimum Gasteiger partial charge on any atom is -0.497 e. The second-order valence-corrected chi connectivity index (χ2v) is 8.94. The molecule has 1 aromatic carbocycles. The second-order valence-electron chi connectivity index (χ2n) is 7.91. The number of carbonyl (C=O) groups excluding carboxylic acids is 1. The largest absolute Gasteiger partial charge is 0.497 e. The van der Waals surface area contributed by atoms with Crippen molar-refractivity contribution in [3.05, 3.63) is 70.2 Å². The van der Waals surface area contributed by atoms with Crippen molar-refractivity contribution >= 4 is 34.0 Å². The Balaban J connectivity index is 1.34. The molecule has 0 unspecified atom stereocenters. The first-order chi connectivity index (χ1) is 15.6. The average molecular weight is 448 g/mol. The summed E-state index contributed by atoms with van der Waals surface area (Å²) < 4.78 is 7.13. The maximum Gasteiger partial charge on any atom is 0.254 e. The number of methoxy groups -OCH3 is 1. The monoisotopic (exact) mass is 447 g/mol. The van der Waals surface area contributed by atoms with Crippen LogP contribution in [0, 0.1) is 6.92 Å². The van der Waals surface area contributed by atoms with Gasteiger partial charge in [0.1, 0.15) is 5.75 Å². The summed E-state index contributed by atoms with van der Waals surface area (Å²) in [6.07, 6.45) is 1.77. The highest BCUT2D eigenvalue weighted by Gasteiger charge is 2.25. The van der Waals surface area contributed by atoms with Gasteiger partial charge in [-0.25, -0.2) is 9.67 Å². The van der Waals surface area contributed by atoms with Gasteiger partial charge in [-0.15, -0.1) is 11.3 Å². The first-order valence-corrected chi connectivity index (χ1v) is 11.5. The number of piperazine rings is 1. The number of amides is 1. The molecule has 1 amide bonds. The van der Waals surface area contributed by atoms with Gasteiger partial charge in [-0.3, -0.25) is 4.79 Å². The van der Waals surface area contributed by atoms with Crippen LogP contribution < -0.4 is 9.64 Å². The normalized spacial score (nSPS) is 14.2. The van der Waals surface area contributed by atoms with Crippen LogP contribution in [0.3, 0.4) is 0 Å². The molecule has 4 heterocycles. The molecule has 1 saturated heterocycles. The van der Waals surface area contributed by atoms with E-state index in [1.807, 2.05) is 40.8 Å². The first kappa shape index (κ1) is 20.5. The molecule has 5 rings (SSSR count). The number of anilines is 1. The fraction of sp³-hybridized carbons (Fsp3) is 0.292. The van der Waals surface area contributed by atoms with Gasteiger partial charge in [0.05, 0.1) is 30.8 Å². The van der Waals surface area contributed by atoms with Crippen molar-refractivity contribution in [1.82, 2.24) is 19.7 Å². The highest BCUT2D eigenvalue weighted by Crippen LogP contribution is 2.24. The summed E-state index contributed by atoms with van der Waals surface area (Å²) in [4.78, 5) is 23.6. The van der Waals surface area contributed by atoms with E-state index >= 15 is 0 Å². The van der Waals surface area contributed by atoms with Crippen molar-refractivity contribution in [2.24, 2.45) is 0 Å². The van der Waals surface area contributed by atoms with Crippen LogP contribution in [0.1, 0.15) is 20.9 Å². The van der Waals surface area contributed by atoms with Gasteiger partial charge < -0.3 is 14.5 Å². The number of nitrogens with zero attached hydrogens (tertiary/aromatic N) is 5. The summed E-state index contributed by atoms with van der Waals surface area (Å²) in [6.45, 7) is 5.53. The topological polar surface area (TPSA) is 63.5 Å². The predicted octanol–water partition coefficient (Wildman–Crippen LogP) is 3.82. The Morgan fingerprint density at radius 2 is 1.91 bits per heavy atom. The van der Waals surface area contributed by atoms with E-state index < -0.39 is 0 Å². The van der Waals surface area contributed by atoms with Gasteiger partial charge in [0.25, 0.3) is 5.91 Å². The third kappa shape index (κ3) is 3.93. The van der Waals surface area contributed by atoms with E-state index in [0.29, 0.717) is 25.2 Å². The predicted molar refractivity (Wildman–Crippen MR) is 127 cm³/mol. The van der Waals surface area contributed by atoms with Crippen molar-refractivity contribution in [3.63, 3.8) is 0 Å². The highest BCUT2D eigenvalue weighted by atomic mass is 32.1.